The molecule has 2 aromatic carbocycles. The van der Waals surface area contributed by atoms with Crippen LogP contribution in [0, 0.1) is 0 Å². The number of methoxy groups -OCH3 is 1. The molecule has 0 aliphatic heterocycles. The lowest BCUT2D eigenvalue weighted by Gasteiger charge is -2.07. The summed E-state index contributed by atoms with van der Waals surface area (Å²) in [7, 11) is 1.58. The maximum atomic E-state index is 11.7. The van der Waals surface area contributed by atoms with Gasteiger partial charge in [0.25, 0.3) is 11.8 Å². The van der Waals surface area contributed by atoms with Crippen molar-refractivity contribution in [2.45, 2.75) is 0 Å². The quantitative estimate of drug-likeness (QED) is 0.545. The summed E-state index contributed by atoms with van der Waals surface area (Å²) >= 11 is 5.76. The molecular formula is C18H18ClN3O4. The zero-order chi connectivity index (χ0) is 18.8. The van der Waals surface area contributed by atoms with Gasteiger partial charge in [0.05, 0.1) is 19.9 Å². The number of nitrogens with zero attached hydrogens (tertiary/aromatic N) is 1. The Morgan fingerprint density at radius 2 is 1.69 bits per heavy atom. The van der Waals surface area contributed by atoms with E-state index >= 15 is 0 Å². The lowest BCUT2D eigenvalue weighted by atomic mass is 10.2. The molecule has 0 aliphatic carbocycles. The number of hydrogen-bond donors (Lipinski definition) is 2. The number of nitrogens with one attached hydrogen (secondary N) is 2. The standard InChI is InChI=1S/C18H18ClN3O4/c1-25-15-6-2-13(3-7-15)10-21-22-17(23)11-20-18(24)12-26-16-8-4-14(19)5-9-16/h2-10H,11-12H2,1H3,(H,20,24)(H,22,23)/b21-10+. The van der Waals surface area contributed by atoms with Crippen LogP contribution >= 0.6 is 11.6 Å². The Hall–Kier alpha value is -3.06. The van der Waals surface area contributed by atoms with Crippen LogP contribution < -0.4 is 20.2 Å². The molecular weight excluding hydrogens is 358 g/mol. The third-order valence-electron chi connectivity index (χ3n) is 3.15. The van der Waals surface area contributed by atoms with Crippen LogP contribution in [0.15, 0.2) is 53.6 Å². The Balaban J connectivity index is 1.66. The van der Waals surface area contributed by atoms with E-state index in [1.807, 2.05) is 0 Å². The van der Waals surface area contributed by atoms with Crippen molar-refractivity contribution in [1.29, 1.82) is 0 Å². The number of hydrogen-bond acceptors (Lipinski definition) is 5. The lowest BCUT2D eigenvalue weighted by molar-refractivity contribution is -0.127. The Morgan fingerprint density at radius 1 is 1.04 bits per heavy atom. The molecule has 0 aromatic heterocycles. The van der Waals surface area contributed by atoms with E-state index in [9.17, 15) is 9.59 Å². The number of amides is 2. The molecule has 0 spiro atoms. The van der Waals surface area contributed by atoms with Crippen LogP contribution in [0.5, 0.6) is 11.5 Å². The van der Waals surface area contributed by atoms with Crippen LogP contribution in [0.25, 0.3) is 0 Å². The Kier molecular flexibility index (Phi) is 7.45. The molecule has 0 radical (unpaired) electrons. The topological polar surface area (TPSA) is 89.0 Å². The zero-order valence-electron chi connectivity index (χ0n) is 14.1. The van der Waals surface area contributed by atoms with E-state index in [1.165, 1.54) is 6.21 Å². The summed E-state index contributed by atoms with van der Waals surface area (Å²) in [5.74, 6) is 0.372. The van der Waals surface area contributed by atoms with Crippen LogP contribution in [-0.4, -0.2) is 38.3 Å². The predicted molar refractivity (Wildman–Crippen MR) is 98.7 cm³/mol. The minimum absolute atomic E-state index is 0.204. The number of ether oxygens (including phenoxy) is 2. The molecule has 0 fully saturated rings. The van der Waals surface area contributed by atoms with Crippen molar-refractivity contribution < 1.29 is 19.1 Å². The molecule has 0 bridgehead atoms. The van der Waals surface area contributed by atoms with E-state index in [1.54, 1.807) is 55.6 Å². The van der Waals surface area contributed by atoms with Crippen LogP contribution in [0.3, 0.4) is 0 Å². The SMILES string of the molecule is COc1ccc(/C=N/NC(=O)CNC(=O)COc2ccc(Cl)cc2)cc1. The van der Waals surface area contributed by atoms with E-state index in [2.05, 4.69) is 15.8 Å². The van der Waals surface area contributed by atoms with Gasteiger partial charge in [0.2, 0.25) is 0 Å². The summed E-state index contributed by atoms with van der Waals surface area (Å²) in [6, 6.07) is 13.8. The van der Waals surface area contributed by atoms with Crippen molar-refractivity contribution in [1.82, 2.24) is 10.7 Å². The molecule has 0 saturated carbocycles. The predicted octanol–water partition coefficient (Wildman–Crippen LogP) is 1.99. The number of carbonyl (C=O) groups excluding carboxylic acids is 2. The van der Waals surface area contributed by atoms with Gasteiger partial charge in [-0.05, 0) is 54.1 Å². The molecule has 26 heavy (non-hydrogen) atoms. The first-order valence-corrected chi connectivity index (χ1v) is 8.05. The fourth-order valence-electron chi connectivity index (χ4n) is 1.82. The Bertz CT molecular complexity index is 761. The van der Waals surface area contributed by atoms with Crippen molar-refractivity contribution in [3.8, 4) is 11.5 Å². The van der Waals surface area contributed by atoms with E-state index in [0.717, 1.165) is 11.3 Å². The van der Waals surface area contributed by atoms with Gasteiger partial charge in [-0.3, -0.25) is 9.59 Å². The zero-order valence-corrected chi connectivity index (χ0v) is 14.8. The summed E-state index contributed by atoms with van der Waals surface area (Å²) in [6.45, 7) is -0.410. The molecule has 2 amide bonds. The van der Waals surface area contributed by atoms with Gasteiger partial charge < -0.3 is 14.8 Å². The van der Waals surface area contributed by atoms with Gasteiger partial charge in [0.1, 0.15) is 11.5 Å². The number of halogens is 1. The molecule has 0 unspecified atom stereocenters. The van der Waals surface area contributed by atoms with Crippen molar-refractivity contribution >= 4 is 29.6 Å². The fraction of sp³-hybridized carbons (Fsp3) is 0.167. The smallest absolute Gasteiger partial charge is 0.259 e. The van der Waals surface area contributed by atoms with Gasteiger partial charge in [-0.15, -0.1) is 0 Å². The largest absolute Gasteiger partial charge is 0.497 e. The summed E-state index contributed by atoms with van der Waals surface area (Å²) in [6.07, 6.45) is 1.49. The maximum Gasteiger partial charge on any atom is 0.259 e. The van der Waals surface area contributed by atoms with Crippen LogP contribution in [0.1, 0.15) is 5.56 Å². The van der Waals surface area contributed by atoms with Crippen LogP contribution in [0.4, 0.5) is 0 Å². The molecule has 7 nitrogen and oxygen atoms in total. The third kappa shape index (κ3) is 6.82. The van der Waals surface area contributed by atoms with Crippen LogP contribution in [-0.2, 0) is 9.59 Å². The van der Waals surface area contributed by atoms with Crippen LogP contribution in [0.2, 0.25) is 5.02 Å². The normalized spacial score (nSPS) is 10.4. The van der Waals surface area contributed by atoms with Gasteiger partial charge in [-0.2, -0.15) is 5.10 Å². The summed E-state index contributed by atoms with van der Waals surface area (Å²) in [5.41, 5.74) is 3.12. The minimum atomic E-state index is -0.449. The van der Waals surface area contributed by atoms with E-state index < -0.39 is 11.8 Å². The van der Waals surface area contributed by atoms with Crippen molar-refractivity contribution in [2.24, 2.45) is 5.10 Å². The molecule has 8 heteroatoms. The van der Waals surface area contributed by atoms with E-state index in [4.69, 9.17) is 21.1 Å². The lowest BCUT2D eigenvalue weighted by Crippen LogP contribution is -2.37. The molecule has 2 N–H and O–H groups in total. The molecule has 0 aliphatic rings. The highest BCUT2D eigenvalue weighted by molar-refractivity contribution is 6.30. The highest BCUT2D eigenvalue weighted by Crippen LogP contribution is 2.15. The first kappa shape index (κ1) is 19.3. The maximum absolute atomic E-state index is 11.7. The number of benzene rings is 2. The van der Waals surface area contributed by atoms with Gasteiger partial charge in [-0.1, -0.05) is 11.6 Å². The summed E-state index contributed by atoms with van der Waals surface area (Å²) in [5, 5.41) is 6.83. The summed E-state index contributed by atoms with van der Waals surface area (Å²) in [4.78, 5) is 23.3. The highest BCUT2D eigenvalue weighted by Gasteiger charge is 2.05. The monoisotopic (exact) mass is 375 g/mol. The average molecular weight is 376 g/mol. The second-order valence-corrected chi connectivity index (χ2v) is 5.52. The van der Waals surface area contributed by atoms with E-state index in [0.29, 0.717) is 10.8 Å². The Morgan fingerprint density at radius 3 is 2.35 bits per heavy atom. The second kappa shape index (κ2) is 10.0. The van der Waals surface area contributed by atoms with Crippen molar-refractivity contribution in [3.05, 3.63) is 59.1 Å². The first-order chi connectivity index (χ1) is 12.6. The molecule has 0 atom stereocenters. The van der Waals surface area contributed by atoms with E-state index in [-0.39, 0.29) is 13.2 Å². The Labute approximate surface area is 155 Å². The number of rotatable bonds is 8. The molecule has 136 valence electrons. The average Bonchev–Trinajstić information content (AvgIpc) is 2.66. The van der Waals surface area contributed by atoms with Gasteiger partial charge in [0.15, 0.2) is 6.61 Å². The molecule has 0 saturated heterocycles. The van der Waals surface area contributed by atoms with Crippen molar-refractivity contribution in [2.75, 3.05) is 20.3 Å². The second-order valence-electron chi connectivity index (χ2n) is 5.09. The van der Waals surface area contributed by atoms with Gasteiger partial charge in [0, 0.05) is 5.02 Å². The number of hydrazone groups is 1. The highest BCUT2D eigenvalue weighted by atomic mass is 35.5. The molecule has 0 heterocycles. The number of carbonyl (C=O) groups is 2. The molecule has 2 rings (SSSR count). The van der Waals surface area contributed by atoms with Gasteiger partial charge >= 0.3 is 0 Å². The van der Waals surface area contributed by atoms with Gasteiger partial charge in [-0.25, -0.2) is 5.43 Å². The van der Waals surface area contributed by atoms with Crippen molar-refractivity contribution in [3.63, 3.8) is 0 Å². The first-order valence-electron chi connectivity index (χ1n) is 7.68. The summed E-state index contributed by atoms with van der Waals surface area (Å²) < 4.78 is 10.3. The molecule has 2 aromatic rings. The fourth-order valence-corrected chi connectivity index (χ4v) is 1.94. The minimum Gasteiger partial charge on any atom is -0.497 e. The third-order valence-corrected chi connectivity index (χ3v) is 3.40.